The maximum absolute atomic E-state index is 5.71. The number of rotatable bonds is 2. The molecule has 1 aromatic heterocycles. The van der Waals surface area contributed by atoms with Crippen molar-refractivity contribution < 1.29 is 9.47 Å². The van der Waals surface area contributed by atoms with Crippen LogP contribution in [0, 0.1) is 0 Å². The molecule has 1 aliphatic rings. The summed E-state index contributed by atoms with van der Waals surface area (Å²) < 4.78 is 10.7. The average Bonchev–Trinajstić information content (AvgIpc) is 2.30. The van der Waals surface area contributed by atoms with Gasteiger partial charge in [-0.3, -0.25) is 0 Å². The fourth-order valence-corrected chi connectivity index (χ4v) is 1.38. The van der Waals surface area contributed by atoms with Gasteiger partial charge >= 0.3 is 0 Å². The van der Waals surface area contributed by atoms with Crippen molar-refractivity contribution in [3.63, 3.8) is 0 Å². The molecule has 0 bridgehead atoms. The minimum atomic E-state index is -0.215. The Morgan fingerprint density at radius 3 is 2.93 bits per heavy atom. The monoisotopic (exact) mass is 210 g/mol. The van der Waals surface area contributed by atoms with E-state index >= 15 is 0 Å². The van der Waals surface area contributed by atoms with Crippen LogP contribution in [0.4, 0.5) is 5.82 Å². The molecule has 0 radical (unpaired) electrons. The molecule has 0 spiro atoms. The molecule has 0 saturated carbocycles. The van der Waals surface area contributed by atoms with Crippen LogP contribution in [0.1, 0.15) is 17.5 Å². The van der Waals surface area contributed by atoms with Gasteiger partial charge < -0.3 is 20.9 Å². The minimum Gasteiger partial charge on any atom is -0.383 e. The van der Waals surface area contributed by atoms with Gasteiger partial charge in [0.2, 0.25) is 0 Å². The summed E-state index contributed by atoms with van der Waals surface area (Å²) in [4.78, 5) is 8.31. The molecule has 2 rings (SSSR count). The molecule has 1 unspecified atom stereocenters. The van der Waals surface area contributed by atoms with Crippen molar-refractivity contribution in [2.24, 2.45) is 5.73 Å². The van der Waals surface area contributed by atoms with Crippen molar-refractivity contribution in [2.45, 2.75) is 12.6 Å². The SMILES string of the molecule is NCc1cnc(C2COCCO2)nc1N. The zero-order valence-electron chi connectivity index (χ0n) is 8.35. The van der Waals surface area contributed by atoms with Crippen LogP contribution in [-0.4, -0.2) is 29.8 Å². The first-order valence-electron chi connectivity index (χ1n) is 4.82. The van der Waals surface area contributed by atoms with E-state index in [0.29, 0.717) is 38.0 Å². The van der Waals surface area contributed by atoms with Gasteiger partial charge in [-0.1, -0.05) is 0 Å². The van der Waals surface area contributed by atoms with Crippen molar-refractivity contribution in [1.29, 1.82) is 0 Å². The number of nitrogens with two attached hydrogens (primary N) is 2. The van der Waals surface area contributed by atoms with Crippen molar-refractivity contribution in [3.05, 3.63) is 17.6 Å². The van der Waals surface area contributed by atoms with Gasteiger partial charge in [0, 0.05) is 18.3 Å². The van der Waals surface area contributed by atoms with Gasteiger partial charge in [0.05, 0.1) is 19.8 Å². The Labute approximate surface area is 87.6 Å². The number of nitrogen functional groups attached to an aromatic ring is 1. The van der Waals surface area contributed by atoms with Crippen molar-refractivity contribution in [2.75, 3.05) is 25.6 Å². The lowest BCUT2D eigenvalue weighted by Gasteiger charge is -2.21. The second-order valence-corrected chi connectivity index (χ2v) is 3.28. The standard InChI is InChI=1S/C9H14N4O2/c10-3-6-4-12-9(13-8(6)11)7-5-14-1-2-15-7/h4,7H,1-3,5,10H2,(H2,11,12,13). The van der Waals surface area contributed by atoms with E-state index in [-0.39, 0.29) is 6.10 Å². The van der Waals surface area contributed by atoms with E-state index in [0.717, 1.165) is 5.56 Å². The molecule has 6 nitrogen and oxygen atoms in total. The molecule has 82 valence electrons. The topological polar surface area (TPSA) is 96.3 Å². The number of nitrogens with zero attached hydrogens (tertiary/aromatic N) is 2. The Balaban J connectivity index is 2.17. The van der Waals surface area contributed by atoms with Crippen molar-refractivity contribution >= 4 is 5.82 Å². The summed E-state index contributed by atoms with van der Waals surface area (Å²) in [6.45, 7) is 2.00. The average molecular weight is 210 g/mol. The summed E-state index contributed by atoms with van der Waals surface area (Å²) in [5.41, 5.74) is 11.9. The number of aromatic nitrogens is 2. The fraction of sp³-hybridized carbons (Fsp3) is 0.556. The van der Waals surface area contributed by atoms with Crippen LogP contribution in [0.5, 0.6) is 0 Å². The highest BCUT2D eigenvalue weighted by atomic mass is 16.6. The lowest BCUT2D eigenvalue weighted by Crippen LogP contribution is -2.24. The second kappa shape index (κ2) is 4.52. The lowest BCUT2D eigenvalue weighted by molar-refractivity contribution is -0.0934. The molecule has 4 N–H and O–H groups in total. The number of hydrogen-bond acceptors (Lipinski definition) is 6. The summed E-state index contributed by atoms with van der Waals surface area (Å²) in [6.07, 6.45) is 1.42. The Morgan fingerprint density at radius 1 is 1.47 bits per heavy atom. The molecule has 1 fully saturated rings. The summed E-state index contributed by atoms with van der Waals surface area (Å²) in [7, 11) is 0. The Kier molecular flexibility index (Phi) is 3.10. The van der Waals surface area contributed by atoms with E-state index in [1.807, 2.05) is 0 Å². The quantitative estimate of drug-likeness (QED) is 0.689. The van der Waals surface area contributed by atoms with Crippen LogP contribution in [-0.2, 0) is 16.0 Å². The number of hydrogen-bond donors (Lipinski definition) is 2. The first-order valence-corrected chi connectivity index (χ1v) is 4.82. The molecule has 2 heterocycles. The molecule has 0 aliphatic carbocycles. The molecule has 15 heavy (non-hydrogen) atoms. The summed E-state index contributed by atoms with van der Waals surface area (Å²) >= 11 is 0. The van der Waals surface area contributed by atoms with Gasteiger partial charge in [0.25, 0.3) is 0 Å². The van der Waals surface area contributed by atoms with E-state index in [4.69, 9.17) is 20.9 Å². The van der Waals surface area contributed by atoms with Crippen LogP contribution in [0.3, 0.4) is 0 Å². The Morgan fingerprint density at radius 2 is 2.33 bits per heavy atom. The molecule has 0 amide bonds. The highest BCUT2D eigenvalue weighted by Crippen LogP contribution is 2.18. The zero-order chi connectivity index (χ0) is 10.7. The molecule has 6 heteroatoms. The molecule has 1 aromatic rings. The molecule has 0 aromatic carbocycles. The fourth-order valence-electron chi connectivity index (χ4n) is 1.38. The number of anilines is 1. The van der Waals surface area contributed by atoms with E-state index in [1.165, 1.54) is 0 Å². The van der Waals surface area contributed by atoms with Gasteiger partial charge in [-0.25, -0.2) is 9.97 Å². The predicted molar refractivity (Wildman–Crippen MR) is 53.8 cm³/mol. The second-order valence-electron chi connectivity index (χ2n) is 3.28. The summed E-state index contributed by atoms with van der Waals surface area (Å²) in [6, 6.07) is 0. The maximum Gasteiger partial charge on any atom is 0.161 e. The predicted octanol–water partition coefficient (Wildman–Crippen LogP) is -0.395. The molecule has 1 aliphatic heterocycles. The van der Waals surface area contributed by atoms with E-state index < -0.39 is 0 Å². The Bertz CT molecular complexity index is 339. The maximum atomic E-state index is 5.71. The van der Waals surface area contributed by atoms with Gasteiger partial charge in [0.1, 0.15) is 11.9 Å². The number of ether oxygens (including phenoxy) is 2. The highest BCUT2D eigenvalue weighted by Gasteiger charge is 2.19. The minimum absolute atomic E-state index is 0.215. The van der Waals surface area contributed by atoms with Crippen LogP contribution in [0.15, 0.2) is 6.20 Å². The van der Waals surface area contributed by atoms with Gasteiger partial charge in [-0.2, -0.15) is 0 Å². The van der Waals surface area contributed by atoms with Gasteiger partial charge in [-0.15, -0.1) is 0 Å². The molecular weight excluding hydrogens is 196 g/mol. The first kappa shape index (κ1) is 10.3. The van der Waals surface area contributed by atoms with Crippen LogP contribution < -0.4 is 11.5 Å². The first-order chi connectivity index (χ1) is 7.31. The summed E-state index contributed by atoms with van der Waals surface area (Å²) in [5.74, 6) is 0.973. The molecule has 1 atom stereocenters. The van der Waals surface area contributed by atoms with E-state index in [2.05, 4.69) is 9.97 Å². The summed E-state index contributed by atoms with van der Waals surface area (Å²) in [5, 5.41) is 0. The third-order valence-corrected chi connectivity index (χ3v) is 2.24. The largest absolute Gasteiger partial charge is 0.383 e. The van der Waals surface area contributed by atoms with Crippen molar-refractivity contribution in [3.8, 4) is 0 Å². The highest BCUT2D eigenvalue weighted by molar-refractivity contribution is 5.37. The van der Waals surface area contributed by atoms with E-state index in [9.17, 15) is 0 Å². The Hall–Kier alpha value is -1.24. The van der Waals surface area contributed by atoms with Crippen LogP contribution >= 0.6 is 0 Å². The van der Waals surface area contributed by atoms with E-state index in [1.54, 1.807) is 6.20 Å². The van der Waals surface area contributed by atoms with Crippen molar-refractivity contribution in [1.82, 2.24) is 9.97 Å². The van der Waals surface area contributed by atoms with Crippen LogP contribution in [0.25, 0.3) is 0 Å². The van der Waals surface area contributed by atoms with Gasteiger partial charge in [0.15, 0.2) is 5.82 Å². The smallest absolute Gasteiger partial charge is 0.161 e. The normalized spacial score (nSPS) is 21.5. The zero-order valence-corrected chi connectivity index (χ0v) is 8.35. The third-order valence-electron chi connectivity index (χ3n) is 2.24. The van der Waals surface area contributed by atoms with Gasteiger partial charge in [-0.05, 0) is 0 Å². The molecule has 1 saturated heterocycles. The molecular formula is C9H14N4O2. The van der Waals surface area contributed by atoms with Crippen LogP contribution in [0.2, 0.25) is 0 Å². The third kappa shape index (κ3) is 2.23. The lowest BCUT2D eigenvalue weighted by atomic mass is 10.2.